The second-order valence-corrected chi connectivity index (χ2v) is 2.67. The topological polar surface area (TPSA) is 48.1 Å². The highest BCUT2D eigenvalue weighted by atomic mass is 16.5. The minimum absolute atomic E-state index is 0.116. The van der Waals surface area contributed by atoms with Crippen LogP contribution in [0.1, 0.15) is 13.3 Å². The van der Waals surface area contributed by atoms with Crippen LogP contribution in [-0.2, 0) is 0 Å². The first kappa shape index (κ1) is 9.00. The van der Waals surface area contributed by atoms with Gasteiger partial charge in [-0.25, -0.2) is 0 Å². The molecule has 0 aliphatic carbocycles. The molecule has 12 heavy (non-hydrogen) atoms. The molecule has 0 fully saturated rings. The van der Waals surface area contributed by atoms with Crippen LogP contribution in [0.25, 0.3) is 0 Å². The van der Waals surface area contributed by atoms with Crippen molar-refractivity contribution in [2.45, 2.75) is 19.4 Å². The van der Waals surface area contributed by atoms with Crippen molar-refractivity contribution in [1.29, 1.82) is 0 Å². The molecule has 0 saturated heterocycles. The van der Waals surface area contributed by atoms with Crippen LogP contribution in [-0.4, -0.2) is 17.6 Å². The fraction of sp³-hybridized carbons (Fsp3) is 0.444. The summed E-state index contributed by atoms with van der Waals surface area (Å²) in [5.74, 6) is 0.779. The number of aromatic nitrogens is 1. The molecule has 0 aliphatic heterocycles. The van der Waals surface area contributed by atoms with Gasteiger partial charge >= 0.3 is 0 Å². The lowest BCUT2D eigenvalue weighted by Gasteiger charge is -2.09. The average Bonchev–Trinajstić information content (AvgIpc) is 2.16. The van der Waals surface area contributed by atoms with E-state index in [0.29, 0.717) is 6.61 Å². The average molecular weight is 166 g/mol. The summed E-state index contributed by atoms with van der Waals surface area (Å²) >= 11 is 0. The highest BCUT2D eigenvalue weighted by Crippen LogP contribution is 2.06. The zero-order chi connectivity index (χ0) is 8.81. The second kappa shape index (κ2) is 4.72. The molecule has 1 aromatic heterocycles. The molecule has 1 unspecified atom stereocenters. The van der Waals surface area contributed by atoms with E-state index < -0.39 is 0 Å². The molecule has 66 valence electrons. The van der Waals surface area contributed by atoms with Gasteiger partial charge < -0.3 is 10.5 Å². The van der Waals surface area contributed by atoms with E-state index in [-0.39, 0.29) is 6.04 Å². The van der Waals surface area contributed by atoms with Crippen LogP contribution in [0.15, 0.2) is 24.5 Å². The van der Waals surface area contributed by atoms with Gasteiger partial charge in [0.25, 0.3) is 0 Å². The molecule has 1 heterocycles. The Kier molecular flexibility index (Phi) is 3.54. The van der Waals surface area contributed by atoms with E-state index in [1.54, 1.807) is 12.4 Å². The summed E-state index contributed by atoms with van der Waals surface area (Å²) < 4.78 is 5.37. The number of hydrogen-bond acceptors (Lipinski definition) is 3. The Morgan fingerprint density at radius 2 is 2.50 bits per heavy atom. The van der Waals surface area contributed by atoms with Gasteiger partial charge in [-0.2, -0.15) is 0 Å². The first-order valence-electron chi connectivity index (χ1n) is 4.11. The number of ether oxygens (including phenoxy) is 1. The fourth-order valence-corrected chi connectivity index (χ4v) is 0.754. The van der Waals surface area contributed by atoms with E-state index in [4.69, 9.17) is 10.5 Å². The van der Waals surface area contributed by atoms with Crippen LogP contribution in [0.3, 0.4) is 0 Å². The van der Waals surface area contributed by atoms with E-state index in [0.717, 1.165) is 12.2 Å². The van der Waals surface area contributed by atoms with Crippen molar-refractivity contribution in [1.82, 2.24) is 4.98 Å². The van der Waals surface area contributed by atoms with Crippen molar-refractivity contribution in [3.8, 4) is 5.75 Å². The van der Waals surface area contributed by atoms with Crippen molar-refractivity contribution in [2.24, 2.45) is 5.73 Å². The van der Waals surface area contributed by atoms with Gasteiger partial charge in [0, 0.05) is 12.2 Å². The van der Waals surface area contributed by atoms with E-state index in [9.17, 15) is 0 Å². The van der Waals surface area contributed by atoms with Gasteiger partial charge in [-0.05, 0) is 18.6 Å². The molecular weight excluding hydrogens is 152 g/mol. The fourth-order valence-electron chi connectivity index (χ4n) is 0.754. The number of nitrogens with zero attached hydrogens (tertiary/aromatic N) is 1. The second-order valence-electron chi connectivity index (χ2n) is 2.67. The Morgan fingerprint density at radius 3 is 3.08 bits per heavy atom. The van der Waals surface area contributed by atoms with Crippen molar-refractivity contribution in [3.05, 3.63) is 24.5 Å². The van der Waals surface area contributed by atoms with Crippen molar-refractivity contribution in [3.63, 3.8) is 0 Å². The Labute approximate surface area is 72.6 Å². The smallest absolute Gasteiger partial charge is 0.137 e. The summed E-state index contributed by atoms with van der Waals surface area (Å²) in [4.78, 5) is 3.92. The van der Waals surface area contributed by atoms with Crippen LogP contribution in [0.4, 0.5) is 0 Å². The maximum Gasteiger partial charge on any atom is 0.137 e. The van der Waals surface area contributed by atoms with Gasteiger partial charge in [0.15, 0.2) is 0 Å². The maximum atomic E-state index is 5.68. The lowest BCUT2D eigenvalue weighted by Crippen LogP contribution is -2.26. The molecule has 1 atom stereocenters. The number of pyridine rings is 1. The molecule has 0 aliphatic rings. The largest absolute Gasteiger partial charge is 0.490 e. The van der Waals surface area contributed by atoms with E-state index in [2.05, 4.69) is 4.98 Å². The monoisotopic (exact) mass is 166 g/mol. The van der Waals surface area contributed by atoms with Gasteiger partial charge in [0.1, 0.15) is 12.4 Å². The Bertz CT molecular complexity index is 213. The first-order chi connectivity index (χ1) is 5.83. The quantitative estimate of drug-likeness (QED) is 0.731. The van der Waals surface area contributed by atoms with E-state index in [1.807, 2.05) is 19.1 Å². The van der Waals surface area contributed by atoms with Crippen molar-refractivity contribution in [2.75, 3.05) is 6.61 Å². The molecule has 0 aromatic carbocycles. The van der Waals surface area contributed by atoms with Crippen LogP contribution in [0.2, 0.25) is 0 Å². The molecule has 3 heteroatoms. The number of hydrogen-bond donors (Lipinski definition) is 1. The summed E-state index contributed by atoms with van der Waals surface area (Å²) in [5, 5.41) is 0. The number of rotatable bonds is 4. The Morgan fingerprint density at radius 1 is 1.67 bits per heavy atom. The van der Waals surface area contributed by atoms with Gasteiger partial charge in [-0.1, -0.05) is 6.92 Å². The van der Waals surface area contributed by atoms with Crippen molar-refractivity contribution < 1.29 is 4.74 Å². The lowest BCUT2D eigenvalue weighted by atomic mass is 10.3. The lowest BCUT2D eigenvalue weighted by molar-refractivity contribution is 0.284. The molecule has 0 spiro atoms. The summed E-state index contributed by atoms with van der Waals surface area (Å²) in [6.07, 6.45) is 4.33. The third kappa shape index (κ3) is 2.88. The molecule has 0 radical (unpaired) electrons. The normalized spacial score (nSPS) is 12.5. The molecule has 2 N–H and O–H groups in total. The molecule has 0 amide bonds. The summed E-state index contributed by atoms with van der Waals surface area (Å²) in [7, 11) is 0. The van der Waals surface area contributed by atoms with Gasteiger partial charge in [0.2, 0.25) is 0 Å². The minimum atomic E-state index is 0.116. The summed E-state index contributed by atoms with van der Waals surface area (Å²) in [5.41, 5.74) is 5.68. The maximum absolute atomic E-state index is 5.68. The van der Waals surface area contributed by atoms with E-state index >= 15 is 0 Å². The Hall–Kier alpha value is -1.09. The van der Waals surface area contributed by atoms with Gasteiger partial charge in [-0.15, -0.1) is 0 Å². The molecule has 1 rings (SSSR count). The Balaban J connectivity index is 2.33. The minimum Gasteiger partial charge on any atom is -0.490 e. The van der Waals surface area contributed by atoms with Crippen LogP contribution < -0.4 is 10.5 Å². The van der Waals surface area contributed by atoms with Gasteiger partial charge in [0.05, 0.1) is 6.20 Å². The molecule has 0 saturated carbocycles. The highest BCUT2D eigenvalue weighted by Gasteiger charge is 1.99. The number of nitrogens with two attached hydrogens (primary N) is 1. The SMILES string of the molecule is CCC(N)COc1cccnc1. The van der Waals surface area contributed by atoms with Crippen molar-refractivity contribution >= 4 is 0 Å². The van der Waals surface area contributed by atoms with E-state index in [1.165, 1.54) is 0 Å². The molecule has 3 nitrogen and oxygen atoms in total. The van der Waals surface area contributed by atoms with Crippen LogP contribution in [0, 0.1) is 0 Å². The third-order valence-electron chi connectivity index (χ3n) is 1.62. The summed E-state index contributed by atoms with van der Waals surface area (Å²) in [6.45, 7) is 2.60. The van der Waals surface area contributed by atoms with Crippen LogP contribution >= 0.6 is 0 Å². The molecular formula is C9H14N2O. The zero-order valence-corrected chi connectivity index (χ0v) is 7.23. The predicted octanol–water partition coefficient (Wildman–Crippen LogP) is 1.20. The predicted molar refractivity (Wildman–Crippen MR) is 48.0 cm³/mol. The van der Waals surface area contributed by atoms with Gasteiger partial charge in [-0.3, -0.25) is 4.98 Å². The summed E-state index contributed by atoms with van der Waals surface area (Å²) in [6, 6.07) is 3.83. The molecule has 1 aromatic rings. The standard InChI is InChI=1S/C9H14N2O/c1-2-8(10)7-12-9-4-3-5-11-6-9/h3-6,8H,2,7,10H2,1H3. The van der Waals surface area contributed by atoms with Crippen LogP contribution in [0.5, 0.6) is 5.75 Å². The first-order valence-corrected chi connectivity index (χ1v) is 4.11. The third-order valence-corrected chi connectivity index (χ3v) is 1.62. The molecule has 0 bridgehead atoms. The zero-order valence-electron chi connectivity index (χ0n) is 7.23. The highest BCUT2D eigenvalue weighted by molar-refractivity contribution is 5.15.